The van der Waals surface area contributed by atoms with Crippen LogP contribution in [0.4, 0.5) is 0 Å². The minimum atomic E-state index is -0.763. The van der Waals surface area contributed by atoms with E-state index in [0.29, 0.717) is 19.3 Å². The normalized spacial score (nSPS) is 12.5. The molecule has 64 heavy (non-hydrogen) atoms. The maximum atomic E-state index is 12.8. The van der Waals surface area contributed by atoms with Crippen LogP contribution in [0, 0.1) is 11.8 Å². The second-order valence-corrected chi connectivity index (χ2v) is 20.6. The standard InChI is InChI=1S/C58H112O6/c1-6-8-9-10-11-12-13-14-15-16-17-21-24-27-33-38-43-48-56(59)62-51-55(52-63-57(60)49-44-39-34-30-29-32-37-42-47-54(5)7-2)64-58(61)50-45-40-35-28-25-22-19-18-20-23-26-31-36-41-46-53(3)4/h53-55H,6-52H2,1-5H3/t54?,55-/m0/s1. The van der Waals surface area contributed by atoms with Gasteiger partial charge in [-0.1, -0.05) is 285 Å². The van der Waals surface area contributed by atoms with Gasteiger partial charge in [0.1, 0.15) is 13.2 Å². The third kappa shape index (κ3) is 49.8. The predicted molar refractivity (Wildman–Crippen MR) is 275 cm³/mol. The molecule has 380 valence electrons. The van der Waals surface area contributed by atoms with Gasteiger partial charge in [-0.05, 0) is 31.1 Å². The molecule has 1 unspecified atom stereocenters. The molecule has 6 heteroatoms. The van der Waals surface area contributed by atoms with Crippen molar-refractivity contribution in [3.63, 3.8) is 0 Å². The predicted octanol–water partition coefficient (Wildman–Crippen LogP) is 18.9. The molecule has 0 N–H and O–H groups in total. The molecule has 0 aliphatic heterocycles. The minimum absolute atomic E-state index is 0.0630. The van der Waals surface area contributed by atoms with Crippen molar-refractivity contribution in [1.82, 2.24) is 0 Å². The summed E-state index contributed by atoms with van der Waals surface area (Å²) in [7, 11) is 0. The van der Waals surface area contributed by atoms with Gasteiger partial charge in [-0.25, -0.2) is 0 Å². The van der Waals surface area contributed by atoms with Crippen molar-refractivity contribution in [3.05, 3.63) is 0 Å². The topological polar surface area (TPSA) is 78.9 Å². The Kier molecular flexibility index (Phi) is 49.6. The fourth-order valence-electron chi connectivity index (χ4n) is 8.84. The van der Waals surface area contributed by atoms with Gasteiger partial charge >= 0.3 is 17.9 Å². The van der Waals surface area contributed by atoms with Gasteiger partial charge < -0.3 is 14.2 Å². The van der Waals surface area contributed by atoms with Crippen LogP contribution in [0.2, 0.25) is 0 Å². The Morgan fingerprint density at radius 1 is 0.328 bits per heavy atom. The van der Waals surface area contributed by atoms with Gasteiger partial charge in [-0.3, -0.25) is 14.4 Å². The second kappa shape index (κ2) is 50.8. The van der Waals surface area contributed by atoms with Crippen LogP contribution in [0.15, 0.2) is 0 Å². The molecule has 0 bridgehead atoms. The van der Waals surface area contributed by atoms with Crippen molar-refractivity contribution < 1.29 is 28.6 Å². The highest BCUT2D eigenvalue weighted by molar-refractivity contribution is 5.71. The van der Waals surface area contributed by atoms with Crippen LogP contribution < -0.4 is 0 Å². The molecule has 0 saturated heterocycles. The fraction of sp³-hybridized carbons (Fsp3) is 0.948. The summed E-state index contributed by atoms with van der Waals surface area (Å²) in [4.78, 5) is 38.1. The third-order valence-electron chi connectivity index (χ3n) is 13.6. The van der Waals surface area contributed by atoms with E-state index in [9.17, 15) is 14.4 Å². The summed E-state index contributed by atoms with van der Waals surface area (Å²) in [6, 6.07) is 0. The van der Waals surface area contributed by atoms with Crippen molar-refractivity contribution >= 4 is 17.9 Å². The van der Waals surface area contributed by atoms with Gasteiger partial charge in [-0.2, -0.15) is 0 Å². The summed E-state index contributed by atoms with van der Waals surface area (Å²) in [5.74, 6) is 0.850. The minimum Gasteiger partial charge on any atom is -0.462 e. The summed E-state index contributed by atoms with van der Waals surface area (Å²) < 4.78 is 16.9. The van der Waals surface area contributed by atoms with Gasteiger partial charge in [-0.15, -0.1) is 0 Å². The molecule has 2 atom stereocenters. The molecule has 0 aliphatic rings. The fourth-order valence-corrected chi connectivity index (χ4v) is 8.84. The SMILES string of the molecule is CCCCCCCCCCCCCCCCCCCC(=O)OC[C@@H](COC(=O)CCCCCCCCCCC(C)CC)OC(=O)CCCCCCCCCCCCCCCCC(C)C. The monoisotopic (exact) mass is 905 g/mol. The van der Waals surface area contributed by atoms with Crippen LogP contribution >= 0.6 is 0 Å². The number of esters is 3. The van der Waals surface area contributed by atoms with Crippen molar-refractivity contribution in [3.8, 4) is 0 Å². The summed E-state index contributed by atoms with van der Waals surface area (Å²) >= 11 is 0. The molecule has 0 fully saturated rings. The maximum Gasteiger partial charge on any atom is 0.306 e. The van der Waals surface area contributed by atoms with E-state index in [1.807, 2.05) is 0 Å². The number of unbranched alkanes of at least 4 members (excludes halogenated alkanes) is 36. The summed E-state index contributed by atoms with van der Waals surface area (Å²) in [6.07, 6.45) is 53.7. The van der Waals surface area contributed by atoms with E-state index < -0.39 is 6.10 Å². The van der Waals surface area contributed by atoms with Crippen LogP contribution in [0.25, 0.3) is 0 Å². The molecule has 0 saturated carbocycles. The molecule has 0 rings (SSSR count). The van der Waals surface area contributed by atoms with Gasteiger partial charge in [0.15, 0.2) is 6.10 Å². The van der Waals surface area contributed by atoms with Crippen molar-refractivity contribution in [2.75, 3.05) is 13.2 Å². The Labute approximate surface area is 399 Å². The second-order valence-electron chi connectivity index (χ2n) is 20.6. The summed E-state index contributed by atoms with van der Waals surface area (Å²) in [6.45, 7) is 11.4. The lowest BCUT2D eigenvalue weighted by Crippen LogP contribution is -2.30. The molecule has 0 heterocycles. The van der Waals surface area contributed by atoms with Crippen molar-refractivity contribution in [1.29, 1.82) is 0 Å². The number of ether oxygens (including phenoxy) is 3. The van der Waals surface area contributed by atoms with Crippen LogP contribution in [0.3, 0.4) is 0 Å². The molecule has 0 aliphatic carbocycles. The highest BCUT2D eigenvalue weighted by atomic mass is 16.6. The smallest absolute Gasteiger partial charge is 0.306 e. The lowest BCUT2D eigenvalue weighted by atomic mass is 9.99. The molecule has 0 radical (unpaired) electrons. The van der Waals surface area contributed by atoms with E-state index in [2.05, 4.69) is 34.6 Å². The first-order chi connectivity index (χ1) is 31.3. The quantitative estimate of drug-likeness (QED) is 0.0344. The summed E-state index contributed by atoms with van der Waals surface area (Å²) in [5, 5.41) is 0. The Balaban J connectivity index is 4.29. The summed E-state index contributed by atoms with van der Waals surface area (Å²) in [5.41, 5.74) is 0. The largest absolute Gasteiger partial charge is 0.462 e. The molecule has 6 nitrogen and oxygen atoms in total. The van der Waals surface area contributed by atoms with E-state index in [4.69, 9.17) is 14.2 Å². The van der Waals surface area contributed by atoms with Crippen LogP contribution in [0.1, 0.15) is 324 Å². The molecule has 0 amide bonds. The van der Waals surface area contributed by atoms with Gasteiger partial charge in [0.05, 0.1) is 0 Å². The Morgan fingerprint density at radius 3 is 0.891 bits per heavy atom. The zero-order valence-corrected chi connectivity index (χ0v) is 43.9. The van der Waals surface area contributed by atoms with Gasteiger partial charge in [0.2, 0.25) is 0 Å². The van der Waals surface area contributed by atoms with E-state index in [1.54, 1.807) is 0 Å². The van der Waals surface area contributed by atoms with Crippen LogP contribution in [0.5, 0.6) is 0 Å². The molecule has 0 aromatic heterocycles. The maximum absolute atomic E-state index is 12.8. The Hall–Kier alpha value is -1.59. The number of carbonyl (C=O) groups excluding carboxylic acids is 3. The first-order valence-corrected chi connectivity index (χ1v) is 28.8. The van der Waals surface area contributed by atoms with Crippen molar-refractivity contribution in [2.45, 2.75) is 330 Å². The van der Waals surface area contributed by atoms with E-state index in [1.165, 1.54) is 212 Å². The first kappa shape index (κ1) is 62.4. The zero-order valence-electron chi connectivity index (χ0n) is 43.9. The highest BCUT2D eigenvalue weighted by Crippen LogP contribution is 2.18. The first-order valence-electron chi connectivity index (χ1n) is 28.8. The van der Waals surface area contributed by atoms with E-state index in [0.717, 1.165) is 69.6 Å². The molecule has 0 spiro atoms. The number of hydrogen-bond donors (Lipinski definition) is 0. The van der Waals surface area contributed by atoms with Gasteiger partial charge in [0, 0.05) is 19.3 Å². The molecular formula is C58H112O6. The average molecular weight is 906 g/mol. The van der Waals surface area contributed by atoms with E-state index in [-0.39, 0.29) is 31.1 Å². The lowest BCUT2D eigenvalue weighted by molar-refractivity contribution is -0.167. The lowest BCUT2D eigenvalue weighted by Gasteiger charge is -2.18. The van der Waals surface area contributed by atoms with Crippen molar-refractivity contribution in [2.24, 2.45) is 11.8 Å². The molecular weight excluding hydrogens is 793 g/mol. The van der Waals surface area contributed by atoms with Crippen LogP contribution in [-0.2, 0) is 28.6 Å². The third-order valence-corrected chi connectivity index (χ3v) is 13.6. The average Bonchev–Trinajstić information content (AvgIpc) is 3.28. The number of hydrogen-bond acceptors (Lipinski definition) is 6. The van der Waals surface area contributed by atoms with E-state index >= 15 is 0 Å². The Bertz CT molecular complexity index is 980. The zero-order chi connectivity index (χ0) is 46.8. The highest BCUT2D eigenvalue weighted by Gasteiger charge is 2.19. The number of carbonyl (C=O) groups is 3. The van der Waals surface area contributed by atoms with Gasteiger partial charge in [0.25, 0.3) is 0 Å². The molecule has 0 aromatic carbocycles. The van der Waals surface area contributed by atoms with Crippen LogP contribution in [-0.4, -0.2) is 37.2 Å². The molecule has 0 aromatic rings. The number of rotatable bonds is 52. The Morgan fingerprint density at radius 2 is 0.594 bits per heavy atom.